The largest absolute Gasteiger partial charge is 0.311 e. The fourth-order valence-electron chi connectivity index (χ4n) is 7.58. The third kappa shape index (κ3) is 4.50. The van der Waals surface area contributed by atoms with Crippen molar-refractivity contribution >= 4 is 57.2 Å². The average molecular weight is 601 g/mol. The molecule has 2 aliphatic rings. The van der Waals surface area contributed by atoms with Gasteiger partial charge in [0.15, 0.2) is 0 Å². The van der Waals surface area contributed by atoms with Crippen molar-refractivity contribution in [3.63, 3.8) is 0 Å². The molecule has 0 amide bonds. The van der Waals surface area contributed by atoms with Gasteiger partial charge in [0.05, 0.1) is 0 Å². The second kappa shape index (κ2) is 11.2. The summed E-state index contributed by atoms with van der Waals surface area (Å²) in [6.07, 6.45) is 0.948. The zero-order valence-electron chi connectivity index (χ0n) is 26.3. The van der Waals surface area contributed by atoms with Crippen molar-refractivity contribution in [1.82, 2.24) is 0 Å². The van der Waals surface area contributed by atoms with Crippen LogP contribution in [0.4, 0.5) is 34.1 Å². The molecule has 0 spiro atoms. The lowest BCUT2D eigenvalue weighted by molar-refractivity contribution is 1.13. The first-order valence-corrected chi connectivity index (χ1v) is 16.5. The van der Waals surface area contributed by atoms with Gasteiger partial charge in [-0.1, -0.05) is 128 Å². The van der Waals surface area contributed by atoms with E-state index >= 15 is 0 Å². The molecule has 222 valence electrons. The van der Waals surface area contributed by atoms with Crippen molar-refractivity contribution in [2.24, 2.45) is 0 Å². The van der Waals surface area contributed by atoms with E-state index < -0.39 is 0 Å². The Morgan fingerprint density at radius 1 is 0.404 bits per heavy atom. The lowest BCUT2D eigenvalue weighted by Gasteiger charge is -2.44. The van der Waals surface area contributed by atoms with Crippen molar-refractivity contribution in [3.05, 3.63) is 175 Å². The van der Waals surface area contributed by atoms with Gasteiger partial charge in [-0.2, -0.15) is 0 Å². The van der Waals surface area contributed by atoms with Crippen LogP contribution in [0, 0.1) is 0 Å². The number of nitrogens with zero attached hydrogens (tertiary/aromatic N) is 2. The number of hydrogen-bond acceptors (Lipinski definition) is 2. The van der Waals surface area contributed by atoms with E-state index in [1.54, 1.807) is 0 Å². The molecule has 0 aromatic heterocycles. The summed E-state index contributed by atoms with van der Waals surface area (Å²) in [5.41, 5.74) is 17.6. The topological polar surface area (TPSA) is 6.48 Å². The fourth-order valence-corrected chi connectivity index (χ4v) is 7.58. The van der Waals surface area contributed by atoms with Crippen LogP contribution in [0.15, 0.2) is 170 Å². The van der Waals surface area contributed by atoms with Crippen molar-refractivity contribution < 1.29 is 0 Å². The van der Waals surface area contributed by atoms with Gasteiger partial charge >= 0.3 is 0 Å². The van der Waals surface area contributed by atoms with Crippen LogP contribution in [-0.4, -0.2) is 6.71 Å². The van der Waals surface area contributed by atoms with Gasteiger partial charge in [-0.25, -0.2) is 0 Å². The van der Waals surface area contributed by atoms with E-state index in [-0.39, 0.29) is 6.71 Å². The van der Waals surface area contributed by atoms with Crippen LogP contribution >= 0.6 is 0 Å². The molecule has 0 fully saturated rings. The molecule has 0 saturated heterocycles. The zero-order chi connectivity index (χ0) is 31.3. The molecular formula is C44H33BN2. The third-order valence-corrected chi connectivity index (χ3v) is 9.78. The number of hydrogen-bond donors (Lipinski definition) is 0. The summed E-state index contributed by atoms with van der Waals surface area (Å²) in [5, 5.41) is 0. The van der Waals surface area contributed by atoms with Crippen LogP contribution in [0.3, 0.4) is 0 Å². The van der Waals surface area contributed by atoms with Crippen LogP contribution in [0.25, 0.3) is 22.3 Å². The van der Waals surface area contributed by atoms with Gasteiger partial charge in [-0.05, 0) is 99.2 Å². The second-order valence-electron chi connectivity index (χ2n) is 12.5. The zero-order valence-corrected chi connectivity index (χ0v) is 26.3. The molecule has 0 N–H and O–H groups in total. The highest BCUT2D eigenvalue weighted by molar-refractivity contribution is 7.00. The summed E-state index contributed by atoms with van der Waals surface area (Å²) in [4.78, 5) is 5.01. The number of rotatable bonds is 5. The Hall–Kier alpha value is -5.80. The quantitative estimate of drug-likeness (QED) is 0.182. The predicted molar refractivity (Wildman–Crippen MR) is 201 cm³/mol. The summed E-state index contributed by atoms with van der Waals surface area (Å²) in [6.45, 7) is 2.35. The Bertz CT molecular complexity index is 2080. The number of aryl methyl sites for hydroxylation is 1. The Balaban J connectivity index is 1.37. The molecule has 0 saturated carbocycles. The molecule has 7 aromatic rings. The molecule has 3 heteroatoms. The maximum atomic E-state index is 2.50. The minimum atomic E-state index is 0.0884. The normalized spacial score (nSPS) is 12.7. The molecule has 0 unspecified atom stereocenters. The number of anilines is 6. The van der Waals surface area contributed by atoms with Gasteiger partial charge in [0.1, 0.15) is 0 Å². The molecule has 2 aliphatic heterocycles. The summed E-state index contributed by atoms with van der Waals surface area (Å²) in [5.74, 6) is 0. The van der Waals surface area contributed by atoms with E-state index in [2.05, 4.69) is 187 Å². The Morgan fingerprint density at radius 2 is 0.809 bits per heavy atom. The Labute approximate surface area is 277 Å². The summed E-state index contributed by atoms with van der Waals surface area (Å²) >= 11 is 0. The average Bonchev–Trinajstić information content (AvgIpc) is 3.15. The van der Waals surface area contributed by atoms with E-state index in [9.17, 15) is 0 Å². The molecule has 0 radical (unpaired) electrons. The molecule has 9 rings (SSSR count). The first kappa shape index (κ1) is 27.5. The molecule has 7 aromatic carbocycles. The summed E-state index contributed by atoms with van der Waals surface area (Å²) in [6, 6.07) is 62.3. The standard InChI is InChI=1S/C44H33BN2/c1-2-31-27-42-44-43(28-31)47(37-21-13-6-14-22-37)41-30-35(33-17-9-4-10-18-33)24-26-39(41)45(44)38-25-23-34(32-15-7-3-8-16-32)29-40(38)46(42)36-19-11-5-12-20-36/h3-30H,2H2,1H3. The van der Waals surface area contributed by atoms with Gasteiger partial charge in [0, 0.05) is 34.1 Å². The van der Waals surface area contributed by atoms with Gasteiger partial charge in [0.2, 0.25) is 0 Å². The van der Waals surface area contributed by atoms with E-state index in [1.165, 1.54) is 78.3 Å². The van der Waals surface area contributed by atoms with Gasteiger partial charge < -0.3 is 9.80 Å². The van der Waals surface area contributed by atoms with E-state index in [1.807, 2.05) is 0 Å². The lowest BCUT2D eigenvalue weighted by atomic mass is 9.33. The minimum Gasteiger partial charge on any atom is -0.311 e. The van der Waals surface area contributed by atoms with E-state index in [0.29, 0.717) is 0 Å². The Kier molecular flexibility index (Phi) is 6.57. The number of para-hydroxylation sites is 2. The first-order chi connectivity index (χ1) is 23.3. The van der Waals surface area contributed by atoms with Crippen LogP contribution in [0.5, 0.6) is 0 Å². The molecule has 0 atom stereocenters. The molecule has 2 nitrogen and oxygen atoms in total. The van der Waals surface area contributed by atoms with Gasteiger partial charge in [-0.15, -0.1) is 0 Å². The molecular weight excluding hydrogens is 567 g/mol. The number of fused-ring (bicyclic) bond motifs is 4. The monoisotopic (exact) mass is 600 g/mol. The highest BCUT2D eigenvalue weighted by Crippen LogP contribution is 2.45. The smallest absolute Gasteiger partial charge is 0.252 e. The first-order valence-electron chi connectivity index (χ1n) is 16.5. The predicted octanol–water partition coefficient (Wildman–Crippen LogP) is 9.67. The van der Waals surface area contributed by atoms with Crippen LogP contribution in [-0.2, 0) is 6.42 Å². The lowest BCUT2D eigenvalue weighted by Crippen LogP contribution is -2.61. The van der Waals surface area contributed by atoms with Gasteiger partial charge in [-0.3, -0.25) is 0 Å². The highest BCUT2D eigenvalue weighted by Gasteiger charge is 2.43. The SMILES string of the molecule is CCc1cc2c3c(c1)N(c1ccccc1)c1cc(-c4ccccc4)ccc1B3c1ccc(-c3ccccc3)cc1N2c1ccccc1. The highest BCUT2D eigenvalue weighted by atomic mass is 15.2. The van der Waals surface area contributed by atoms with E-state index in [4.69, 9.17) is 0 Å². The summed E-state index contributed by atoms with van der Waals surface area (Å²) < 4.78 is 0. The van der Waals surface area contributed by atoms with Gasteiger partial charge in [0.25, 0.3) is 6.71 Å². The fraction of sp³-hybridized carbons (Fsp3) is 0.0455. The molecule has 0 bridgehead atoms. The molecule has 2 heterocycles. The molecule has 47 heavy (non-hydrogen) atoms. The van der Waals surface area contributed by atoms with Crippen molar-refractivity contribution in [2.75, 3.05) is 9.80 Å². The van der Waals surface area contributed by atoms with Crippen LogP contribution in [0.1, 0.15) is 12.5 Å². The molecule has 0 aliphatic carbocycles. The third-order valence-electron chi connectivity index (χ3n) is 9.78. The van der Waals surface area contributed by atoms with Crippen molar-refractivity contribution in [3.8, 4) is 22.3 Å². The van der Waals surface area contributed by atoms with E-state index in [0.717, 1.165) is 6.42 Å². The Morgan fingerprint density at radius 3 is 1.21 bits per heavy atom. The maximum Gasteiger partial charge on any atom is 0.252 e. The van der Waals surface area contributed by atoms with Crippen molar-refractivity contribution in [1.29, 1.82) is 0 Å². The van der Waals surface area contributed by atoms with Crippen LogP contribution < -0.4 is 26.2 Å². The maximum absolute atomic E-state index is 2.50. The minimum absolute atomic E-state index is 0.0884. The van der Waals surface area contributed by atoms with Crippen LogP contribution in [0.2, 0.25) is 0 Å². The summed E-state index contributed by atoms with van der Waals surface area (Å²) in [7, 11) is 0. The second-order valence-corrected chi connectivity index (χ2v) is 12.5. The van der Waals surface area contributed by atoms with Crippen molar-refractivity contribution in [2.45, 2.75) is 13.3 Å². The number of benzene rings is 7.